The van der Waals surface area contributed by atoms with Crippen molar-refractivity contribution in [1.29, 1.82) is 0 Å². The van der Waals surface area contributed by atoms with E-state index in [0.717, 1.165) is 21.7 Å². The van der Waals surface area contributed by atoms with E-state index in [0.29, 0.717) is 4.47 Å². The minimum atomic E-state index is -0.264. The van der Waals surface area contributed by atoms with E-state index >= 15 is 0 Å². The molecule has 2 nitrogen and oxygen atoms in total. The molecule has 0 saturated carbocycles. The zero-order chi connectivity index (χ0) is 14.4. The van der Waals surface area contributed by atoms with Crippen LogP contribution in [0.3, 0.4) is 0 Å². The van der Waals surface area contributed by atoms with Crippen LogP contribution in [0.4, 0.5) is 4.39 Å². The summed E-state index contributed by atoms with van der Waals surface area (Å²) in [7, 11) is 0. The summed E-state index contributed by atoms with van der Waals surface area (Å²) in [5.74, 6) is 0.584. The Kier molecular flexibility index (Phi) is 3.34. The molecule has 21 heavy (non-hydrogen) atoms. The number of imidazole rings is 1. The predicted molar refractivity (Wildman–Crippen MR) is 88.3 cm³/mol. The van der Waals surface area contributed by atoms with Gasteiger partial charge in [0.05, 0.1) is 20.4 Å². The van der Waals surface area contributed by atoms with Gasteiger partial charge in [0.15, 0.2) is 0 Å². The van der Waals surface area contributed by atoms with Crippen LogP contribution in [-0.4, -0.2) is 9.97 Å². The number of rotatable bonds is 1. The normalized spacial score (nSPS) is 15.1. The molecule has 0 radical (unpaired) electrons. The van der Waals surface area contributed by atoms with Crippen molar-refractivity contribution in [2.75, 3.05) is 0 Å². The molecule has 0 atom stereocenters. The number of fused-ring (bicyclic) bond motifs is 2. The predicted octanol–water partition coefficient (Wildman–Crippen LogP) is 5.46. The highest BCUT2D eigenvalue weighted by Crippen LogP contribution is 2.35. The third-order valence-corrected chi connectivity index (χ3v) is 5.86. The van der Waals surface area contributed by atoms with Crippen molar-refractivity contribution in [2.24, 2.45) is 0 Å². The van der Waals surface area contributed by atoms with E-state index in [9.17, 15) is 4.39 Å². The van der Waals surface area contributed by atoms with Gasteiger partial charge in [0.2, 0.25) is 0 Å². The first kappa shape index (κ1) is 13.5. The Balaban J connectivity index is 1.79. The molecule has 0 unspecified atom stereocenters. The summed E-state index contributed by atoms with van der Waals surface area (Å²) in [5.41, 5.74) is 3.01. The Morgan fingerprint density at radius 1 is 1.14 bits per heavy atom. The summed E-state index contributed by atoms with van der Waals surface area (Å²) >= 11 is 5.04. The monoisotopic (exact) mass is 364 g/mol. The summed E-state index contributed by atoms with van der Waals surface area (Å²) in [5, 5.41) is 0. The summed E-state index contributed by atoms with van der Waals surface area (Å²) in [6.07, 6.45) is 6.24. The maximum absolute atomic E-state index is 13.6. The van der Waals surface area contributed by atoms with Crippen LogP contribution in [0, 0.1) is 5.82 Å². The summed E-state index contributed by atoms with van der Waals surface area (Å²) < 4.78 is 14.1. The van der Waals surface area contributed by atoms with Crippen molar-refractivity contribution < 1.29 is 4.39 Å². The first-order chi connectivity index (χ1) is 10.2. The highest BCUT2D eigenvalue weighted by atomic mass is 79.9. The fraction of sp³-hybridized carbons (Fsp3) is 0.312. The van der Waals surface area contributed by atoms with Crippen LogP contribution in [-0.2, 0) is 12.8 Å². The molecule has 0 saturated heterocycles. The third-order valence-electron chi connectivity index (χ3n) is 4.00. The van der Waals surface area contributed by atoms with Gasteiger partial charge in [-0.2, -0.15) is 0 Å². The van der Waals surface area contributed by atoms with Gasteiger partial charge in [-0.3, -0.25) is 0 Å². The highest BCUT2D eigenvalue weighted by molar-refractivity contribution is 9.10. The number of hydrogen-bond donors (Lipinski definition) is 1. The van der Waals surface area contributed by atoms with Gasteiger partial charge in [-0.1, -0.05) is 6.42 Å². The third kappa shape index (κ3) is 2.42. The fourth-order valence-corrected chi connectivity index (χ4v) is 4.44. The largest absolute Gasteiger partial charge is 0.337 e. The second-order valence-electron chi connectivity index (χ2n) is 5.49. The Labute approximate surface area is 134 Å². The van der Waals surface area contributed by atoms with E-state index in [1.165, 1.54) is 48.6 Å². The van der Waals surface area contributed by atoms with Crippen LogP contribution < -0.4 is 0 Å². The molecule has 0 bridgehead atoms. The molecule has 0 amide bonds. The van der Waals surface area contributed by atoms with Gasteiger partial charge >= 0.3 is 0 Å². The number of H-pyrrole nitrogens is 1. The summed E-state index contributed by atoms with van der Waals surface area (Å²) in [6.45, 7) is 0. The summed E-state index contributed by atoms with van der Waals surface area (Å²) in [4.78, 5) is 10.5. The molecular formula is C16H14BrFN2S. The number of nitrogens with zero attached hydrogens (tertiary/aromatic N) is 1. The second-order valence-corrected chi connectivity index (χ2v) is 7.48. The van der Waals surface area contributed by atoms with Gasteiger partial charge in [-0.25, -0.2) is 9.37 Å². The maximum Gasteiger partial charge on any atom is 0.148 e. The molecule has 5 heteroatoms. The van der Waals surface area contributed by atoms with E-state index < -0.39 is 0 Å². The molecule has 0 fully saturated rings. The van der Waals surface area contributed by atoms with E-state index in [1.54, 1.807) is 6.07 Å². The molecular weight excluding hydrogens is 351 g/mol. The van der Waals surface area contributed by atoms with Crippen LogP contribution in [0.25, 0.3) is 21.7 Å². The number of aromatic nitrogens is 2. The first-order valence-electron chi connectivity index (χ1n) is 7.17. The van der Waals surface area contributed by atoms with E-state index in [1.807, 2.05) is 11.3 Å². The number of hydrogen-bond acceptors (Lipinski definition) is 2. The van der Waals surface area contributed by atoms with Crippen LogP contribution in [0.15, 0.2) is 22.7 Å². The number of benzene rings is 1. The van der Waals surface area contributed by atoms with Crippen molar-refractivity contribution >= 4 is 38.3 Å². The average molecular weight is 365 g/mol. The molecule has 3 aromatic rings. The van der Waals surface area contributed by atoms with Crippen molar-refractivity contribution in [3.63, 3.8) is 0 Å². The minimum Gasteiger partial charge on any atom is -0.337 e. The lowest BCUT2D eigenvalue weighted by atomic mass is 10.1. The smallest absolute Gasteiger partial charge is 0.148 e. The number of aromatic amines is 1. The SMILES string of the molecule is Fc1cc2[nH]c(-c3cc4c(s3)CCCCC4)nc2cc1Br. The molecule has 1 N–H and O–H groups in total. The Bertz CT molecular complexity index is 759. The van der Waals surface area contributed by atoms with E-state index in [2.05, 4.69) is 32.0 Å². The Morgan fingerprint density at radius 3 is 2.90 bits per heavy atom. The van der Waals surface area contributed by atoms with Gasteiger partial charge in [0, 0.05) is 10.9 Å². The lowest BCUT2D eigenvalue weighted by Crippen LogP contribution is -1.81. The molecule has 4 rings (SSSR count). The number of halogens is 2. The molecule has 108 valence electrons. The zero-order valence-corrected chi connectivity index (χ0v) is 13.8. The lowest BCUT2D eigenvalue weighted by Gasteiger charge is -1.92. The molecule has 1 aliphatic carbocycles. The number of aryl methyl sites for hydroxylation is 2. The van der Waals surface area contributed by atoms with Gasteiger partial charge < -0.3 is 4.98 Å². The zero-order valence-electron chi connectivity index (χ0n) is 11.4. The molecule has 1 aromatic carbocycles. The standard InChI is InChI=1S/C16H14BrFN2S/c17-10-7-12-13(8-11(10)18)20-16(19-12)15-6-9-4-2-1-3-5-14(9)21-15/h6-8H,1-5H2,(H,19,20). The van der Waals surface area contributed by atoms with Gasteiger partial charge in [0.25, 0.3) is 0 Å². The Hall–Kier alpha value is -1.20. The Morgan fingerprint density at radius 2 is 2.00 bits per heavy atom. The van der Waals surface area contributed by atoms with Gasteiger partial charge in [0.1, 0.15) is 11.6 Å². The van der Waals surface area contributed by atoms with Gasteiger partial charge in [-0.05, 0) is 59.3 Å². The topological polar surface area (TPSA) is 28.7 Å². The maximum atomic E-state index is 13.6. The second kappa shape index (κ2) is 5.21. The lowest BCUT2D eigenvalue weighted by molar-refractivity contribution is 0.623. The van der Waals surface area contributed by atoms with Crippen LogP contribution >= 0.6 is 27.3 Å². The molecule has 2 aromatic heterocycles. The number of thiophene rings is 1. The van der Waals surface area contributed by atoms with Crippen LogP contribution in [0.5, 0.6) is 0 Å². The van der Waals surface area contributed by atoms with E-state index in [-0.39, 0.29) is 5.82 Å². The number of nitrogens with one attached hydrogen (secondary N) is 1. The molecule has 0 spiro atoms. The van der Waals surface area contributed by atoms with Crippen molar-refractivity contribution in [1.82, 2.24) is 9.97 Å². The average Bonchev–Trinajstić information content (AvgIpc) is 2.98. The van der Waals surface area contributed by atoms with Crippen molar-refractivity contribution in [3.05, 3.63) is 38.9 Å². The summed E-state index contributed by atoms with van der Waals surface area (Å²) in [6, 6.07) is 5.48. The van der Waals surface area contributed by atoms with Crippen LogP contribution in [0.2, 0.25) is 0 Å². The quantitative estimate of drug-likeness (QED) is 0.570. The fourth-order valence-electron chi connectivity index (χ4n) is 2.91. The molecule has 0 aliphatic heterocycles. The van der Waals surface area contributed by atoms with Crippen LogP contribution in [0.1, 0.15) is 29.7 Å². The van der Waals surface area contributed by atoms with Gasteiger partial charge in [-0.15, -0.1) is 11.3 Å². The van der Waals surface area contributed by atoms with Crippen molar-refractivity contribution in [2.45, 2.75) is 32.1 Å². The van der Waals surface area contributed by atoms with E-state index in [4.69, 9.17) is 0 Å². The highest BCUT2D eigenvalue weighted by Gasteiger charge is 2.16. The minimum absolute atomic E-state index is 0.264. The first-order valence-corrected chi connectivity index (χ1v) is 8.78. The van der Waals surface area contributed by atoms with Crippen molar-refractivity contribution in [3.8, 4) is 10.7 Å². The molecule has 1 aliphatic rings. The molecule has 2 heterocycles.